The Bertz CT molecular complexity index is 1020. The first-order valence-corrected chi connectivity index (χ1v) is 8.99. The zero-order valence-corrected chi connectivity index (χ0v) is 16.2. The van der Waals surface area contributed by atoms with Gasteiger partial charge in [-0.2, -0.15) is 0 Å². The lowest BCUT2D eigenvalue weighted by atomic mass is 10.1. The summed E-state index contributed by atoms with van der Waals surface area (Å²) in [7, 11) is 1.54. The molecule has 0 bridgehead atoms. The van der Waals surface area contributed by atoms with E-state index in [1.807, 2.05) is 31.2 Å². The highest BCUT2D eigenvalue weighted by molar-refractivity contribution is 6.32. The number of nitrogens with zero attached hydrogens (tertiary/aromatic N) is 1. The Labute approximate surface area is 167 Å². The number of rotatable bonds is 6. The normalized spacial score (nSPS) is 10.5. The second-order valence-electron chi connectivity index (χ2n) is 6.09. The van der Waals surface area contributed by atoms with Crippen molar-refractivity contribution in [1.82, 2.24) is 10.3 Å². The highest BCUT2D eigenvalue weighted by atomic mass is 35.5. The lowest BCUT2D eigenvalue weighted by molar-refractivity contribution is -0.143. The average Bonchev–Trinajstić information content (AvgIpc) is 2.73. The molecule has 28 heavy (non-hydrogen) atoms. The van der Waals surface area contributed by atoms with Crippen LogP contribution in [-0.2, 0) is 16.1 Å². The number of ether oxygens (including phenoxy) is 2. The molecule has 0 unspecified atom stereocenters. The van der Waals surface area contributed by atoms with Gasteiger partial charge in [-0.3, -0.25) is 9.59 Å². The third-order valence-corrected chi connectivity index (χ3v) is 4.76. The largest absolute Gasteiger partial charge is 0.497 e. The molecule has 1 aromatic heterocycles. The van der Waals surface area contributed by atoms with Gasteiger partial charge in [0.2, 0.25) is 0 Å². The number of hydrogen-bond donors (Lipinski definition) is 1. The summed E-state index contributed by atoms with van der Waals surface area (Å²) in [4.78, 5) is 28.5. The smallest absolute Gasteiger partial charge is 0.325 e. The van der Waals surface area contributed by atoms with Gasteiger partial charge in [0.25, 0.3) is 5.91 Å². The van der Waals surface area contributed by atoms with Gasteiger partial charge < -0.3 is 14.8 Å². The molecule has 1 amide bonds. The summed E-state index contributed by atoms with van der Waals surface area (Å²) in [6.45, 7) is 1.57. The molecule has 3 rings (SSSR count). The van der Waals surface area contributed by atoms with E-state index < -0.39 is 5.97 Å². The summed E-state index contributed by atoms with van der Waals surface area (Å²) < 4.78 is 10.3. The van der Waals surface area contributed by atoms with Crippen molar-refractivity contribution in [3.63, 3.8) is 0 Å². The lowest BCUT2D eigenvalue weighted by Crippen LogP contribution is -2.30. The minimum atomic E-state index is -0.578. The number of benzene rings is 2. The van der Waals surface area contributed by atoms with E-state index in [0.717, 1.165) is 16.5 Å². The van der Waals surface area contributed by atoms with E-state index in [0.29, 0.717) is 22.0 Å². The summed E-state index contributed by atoms with van der Waals surface area (Å²) in [6, 6.07) is 14.2. The number of methoxy groups -OCH3 is 1. The van der Waals surface area contributed by atoms with Gasteiger partial charge in [0.1, 0.15) is 18.9 Å². The van der Waals surface area contributed by atoms with Crippen LogP contribution in [0.2, 0.25) is 5.02 Å². The van der Waals surface area contributed by atoms with Crippen LogP contribution in [0.1, 0.15) is 21.6 Å². The summed E-state index contributed by atoms with van der Waals surface area (Å²) in [5.41, 5.74) is 2.56. The number of pyridine rings is 1. The van der Waals surface area contributed by atoms with Gasteiger partial charge in [-0.05, 0) is 42.8 Å². The van der Waals surface area contributed by atoms with Gasteiger partial charge in [0.15, 0.2) is 0 Å². The minimum absolute atomic E-state index is 0.0677. The van der Waals surface area contributed by atoms with E-state index >= 15 is 0 Å². The van der Waals surface area contributed by atoms with Crippen molar-refractivity contribution in [3.05, 3.63) is 70.4 Å². The van der Waals surface area contributed by atoms with Gasteiger partial charge >= 0.3 is 5.97 Å². The lowest BCUT2D eigenvalue weighted by Gasteiger charge is -2.11. The Kier molecular flexibility index (Phi) is 6.11. The molecule has 0 aliphatic heterocycles. The number of nitrogens with one attached hydrogen (secondary N) is 1. The number of halogens is 1. The maximum atomic E-state index is 12.1. The number of amides is 1. The summed E-state index contributed by atoms with van der Waals surface area (Å²) in [5, 5.41) is 3.94. The molecular formula is C21H19ClN2O4. The molecule has 1 heterocycles. The van der Waals surface area contributed by atoms with Crippen LogP contribution < -0.4 is 10.1 Å². The Morgan fingerprint density at radius 2 is 1.82 bits per heavy atom. The molecule has 0 aliphatic rings. The van der Waals surface area contributed by atoms with E-state index in [-0.39, 0.29) is 19.1 Å². The highest BCUT2D eigenvalue weighted by Crippen LogP contribution is 2.27. The second-order valence-corrected chi connectivity index (χ2v) is 6.46. The van der Waals surface area contributed by atoms with Crippen molar-refractivity contribution in [3.8, 4) is 5.75 Å². The Morgan fingerprint density at radius 1 is 1.11 bits per heavy atom. The molecule has 6 nitrogen and oxygen atoms in total. The van der Waals surface area contributed by atoms with Crippen LogP contribution >= 0.6 is 11.6 Å². The third-order valence-electron chi connectivity index (χ3n) is 4.26. The molecule has 2 aromatic carbocycles. The molecule has 0 radical (unpaired) electrons. The molecule has 0 fully saturated rings. The summed E-state index contributed by atoms with van der Waals surface area (Å²) in [5.74, 6) is -0.311. The molecule has 0 saturated carbocycles. The van der Waals surface area contributed by atoms with E-state index in [9.17, 15) is 9.59 Å². The molecule has 1 N–H and O–H groups in total. The van der Waals surface area contributed by atoms with E-state index in [4.69, 9.17) is 21.1 Å². The fraction of sp³-hybridized carbons (Fsp3) is 0.190. The summed E-state index contributed by atoms with van der Waals surface area (Å²) in [6.07, 6.45) is 0. The topological polar surface area (TPSA) is 77.5 Å². The predicted molar refractivity (Wildman–Crippen MR) is 107 cm³/mol. The maximum absolute atomic E-state index is 12.1. The highest BCUT2D eigenvalue weighted by Gasteiger charge is 2.13. The van der Waals surface area contributed by atoms with Crippen LogP contribution in [0, 0.1) is 6.92 Å². The standard InChI is InChI=1S/C21H19ClN2O4/c1-13-16-5-3-4-6-17(16)24-18(20(13)22)12-28-19(25)11-23-21(26)14-7-9-15(27-2)10-8-14/h3-10H,11-12H2,1-2H3,(H,23,26). The summed E-state index contributed by atoms with van der Waals surface area (Å²) >= 11 is 6.35. The van der Waals surface area contributed by atoms with Crippen LogP contribution in [0.25, 0.3) is 10.9 Å². The molecule has 0 aliphatic carbocycles. The predicted octanol–water partition coefficient (Wildman–Crippen LogP) is 3.68. The fourth-order valence-electron chi connectivity index (χ4n) is 2.71. The first-order chi connectivity index (χ1) is 13.5. The number of esters is 1. The van der Waals surface area contributed by atoms with Gasteiger partial charge in [-0.15, -0.1) is 0 Å². The first kappa shape index (κ1) is 19.6. The molecule has 144 valence electrons. The molecular weight excluding hydrogens is 380 g/mol. The van der Waals surface area contributed by atoms with Crippen LogP contribution in [-0.4, -0.2) is 30.5 Å². The molecule has 3 aromatic rings. The van der Waals surface area contributed by atoms with E-state index in [2.05, 4.69) is 10.3 Å². The van der Waals surface area contributed by atoms with Gasteiger partial charge in [-0.1, -0.05) is 29.8 Å². The molecule has 0 spiro atoms. The van der Waals surface area contributed by atoms with Crippen molar-refractivity contribution >= 4 is 34.4 Å². The first-order valence-electron chi connectivity index (χ1n) is 8.61. The zero-order chi connectivity index (χ0) is 20.1. The number of aromatic nitrogens is 1. The quantitative estimate of drug-likeness (QED) is 0.641. The van der Waals surface area contributed by atoms with Crippen LogP contribution in [0.5, 0.6) is 5.75 Å². The van der Waals surface area contributed by atoms with Crippen molar-refractivity contribution in [1.29, 1.82) is 0 Å². The van der Waals surface area contributed by atoms with Crippen molar-refractivity contribution in [2.45, 2.75) is 13.5 Å². The number of hydrogen-bond acceptors (Lipinski definition) is 5. The maximum Gasteiger partial charge on any atom is 0.325 e. The van der Waals surface area contributed by atoms with Crippen molar-refractivity contribution in [2.75, 3.05) is 13.7 Å². The average molecular weight is 399 g/mol. The molecule has 0 saturated heterocycles. The van der Waals surface area contributed by atoms with Gasteiger partial charge in [0.05, 0.1) is 23.3 Å². The zero-order valence-electron chi connectivity index (χ0n) is 15.5. The number of aryl methyl sites for hydroxylation is 1. The van der Waals surface area contributed by atoms with Crippen molar-refractivity contribution < 1.29 is 19.1 Å². The number of carbonyl (C=O) groups excluding carboxylic acids is 2. The number of para-hydroxylation sites is 1. The molecule has 0 atom stereocenters. The Balaban J connectivity index is 1.57. The number of fused-ring (bicyclic) bond motifs is 1. The van der Waals surface area contributed by atoms with Crippen LogP contribution in [0.3, 0.4) is 0 Å². The van der Waals surface area contributed by atoms with Gasteiger partial charge in [0, 0.05) is 10.9 Å². The van der Waals surface area contributed by atoms with Gasteiger partial charge in [-0.25, -0.2) is 4.98 Å². The van der Waals surface area contributed by atoms with E-state index in [1.54, 1.807) is 31.4 Å². The molecule has 7 heteroatoms. The Hall–Kier alpha value is -3.12. The second kappa shape index (κ2) is 8.71. The number of carbonyl (C=O) groups is 2. The third kappa shape index (κ3) is 4.40. The SMILES string of the molecule is COc1ccc(C(=O)NCC(=O)OCc2nc3ccccc3c(C)c2Cl)cc1. The van der Waals surface area contributed by atoms with E-state index in [1.165, 1.54) is 0 Å². The monoisotopic (exact) mass is 398 g/mol. The Morgan fingerprint density at radius 3 is 2.54 bits per heavy atom. The van der Waals surface area contributed by atoms with Crippen LogP contribution in [0.4, 0.5) is 0 Å². The van der Waals surface area contributed by atoms with Crippen LogP contribution in [0.15, 0.2) is 48.5 Å². The fourth-order valence-corrected chi connectivity index (χ4v) is 2.91. The van der Waals surface area contributed by atoms with Crippen molar-refractivity contribution in [2.24, 2.45) is 0 Å². The minimum Gasteiger partial charge on any atom is -0.497 e.